The molecule has 0 saturated heterocycles. The Morgan fingerprint density at radius 1 is 1.27 bits per heavy atom. The highest BCUT2D eigenvalue weighted by molar-refractivity contribution is 5.74. The lowest BCUT2D eigenvalue weighted by atomic mass is 9.84. The highest BCUT2D eigenvalue weighted by Crippen LogP contribution is 2.22. The summed E-state index contributed by atoms with van der Waals surface area (Å²) >= 11 is 0. The first-order valence-corrected chi connectivity index (χ1v) is 7.62. The van der Waals surface area contributed by atoms with Crippen molar-refractivity contribution in [1.29, 1.82) is 0 Å². The van der Waals surface area contributed by atoms with Crippen LogP contribution in [0.4, 0.5) is 9.18 Å². The standard InChI is InChI=1S/C17H27FN2O2/c1-12(2)20(10-13(3)21)16(22)19-11-17(4,5)14-6-8-15(18)9-7-14/h6-9,12-13,21H,10-11H2,1-5H3,(H,19,22). The molecule has 4 nitrogen and oxygen atoms in total. The van der Waals surface area contributed by atoms with E-state index in [2.05, 4.69) is 5.32 Å². The molecule has 0 radical (unpaired) electrons. The number of carbonyl (C=O) groups is 1. The summed E-state index contributed by atoms with van der Waals surface area (Å²) in [5, 5.41) is 12.4. The molecule has 0 fully saturated rings. The second-order valence-electron chi connectivity index (χ2n) is 6.64. The van der Waals surface area contributed by atoms with Crippen molar-refractivity contribution in [3.05, 3.63) is 35.6 Å². The van der Waals surface area contributed by atoms with E-state index < -0.39 is 6.10 Å². The molecule has 5 heteroatoms. The second kappa shape index (κ2) is 7.58. The van der Waals surface area contributed by atoms with Crippen LogP contribution in [0.25, 0.3) is 0 Å². The maximum absolute atomic E-state index is 13.0. The number of rotatable bonds is 6. The molecular formula is C17H27FN2O2. The van der Waals surface area contributed by atoms with Gasteiger partial charge in [-0.25, -0.2) is 9.18 Å². The lowest BCUT2D eigenvalue weighted by Gasteiger charge is -2.31. The van der Waals surface area contributed by atoms with Crippen molar-refractivity contribution in [1.82, 2.24) is 10.2 Å². The molecule has 2 amide bonds. The van der Waals surface area contributed by atoms with Gasteiger partial charge in [0, 0.05) is 24.5 Å². The molecule has 1 unspecified atom stereocenters. The molecule has 124 valence electrons. The number of hydrogen-bond donors (Lipinski definition) is 2. The largest absolute Gasteiger partial charge is 0.392 e. The number of aliphatic hydroxyl groups is 1. The number of carbonyl (C=O) groups excluding carboxylic acids is 1. The smallest absolute Gasteiger partial charge is 0.317 e. The van der Waals surface area contributed by atoms with Gasteiger partial charge in [0.05, 0.1) is 6.10 Å². The lowest BCUT2D eigenvalue weighted by molar-refractivity contribution is 0.118. The van der Waals surface area contributed by atoms with E-state index in [4.69, 9.17) is 0 Å². The number of amides is 2. The summed E-state index contributed by atoms with van der Waals surface area (Å²) < 4.78 is 13.0. The molecule has 0 aromatic heterocycles. The average Bonchev–Trinajstić information content (AvgIpc) is 2.42. The molecule has 0 aliphatic carbocycles. The summed E-state index contributed by atoms with van der Waals surface area (Å²) in [6, 6.07) is 6.11. The van der Waals surface area contributed by atoms with Crippen LogP contribution in [0, 0.1) is 5.82 Å². The zero-order valence-electron chi connectivity index (χ0n) is 14.1. The van der Waals surface area contributed by atoms with Crippen LogP contribution in [0.5, 0.6) is 0 Å². The summed E-state index contributed by atoms with van der Waals surface area (Å²) in [5.41, 5.74) is 0.650. The number of nitrogens with zero attached hydrogens (tertiary/aromatic N) is 1. The molecule has 0 aliphatic rings. The van der Waals surface area contributed by atoms with Gasteiger partial charge in [-0.1, -0.05) is 26.0 Å². The summed E-state index contributed by atoms with van der Waals surface area (Å²) in [5.74, 6) is -0.272. The molecule has 0 saturated carbocycles. The number of urea groups is 1. The Morgan fingerprint density at radius 3 is 2.27 bits per heavy atom. The van der Waals surface area contributed by atoms with Gasteiger partial charge in [0.1, 0.15) is 5.82 Å². The van der Waals surface area contributed by atoms with Crippen LogP contribution in [0.15, 0.2) is 24.3 Å². The van der Waals surface area contributed by atoms with Gasteiger partial charge in [0.15, 0.2) is 0 Å². The van der Waals surface area contributed by atoms with Gasteiger partial charge < -0.3 is 15.3 Å². The Morgan fingerprint density at radius 2 is 1.82 bits per heavy atom. The fourth-order valence-electron chi connectivity index (χ4n) is 2.21. The molecule has 0 bridgehead atoms. The van der Waals surface area contributed by atoms with Crippen molar-refractivity contribution in [3.8, 4) is 0 Å². The number of aliphatic hydroxyl groups excluding tert-OH is 1. The Hall–Kier alpha value is -1.62. The first-order chi connectivity index (χ1) is 10.1. The number of nitrogens with one attached hydrogen (secondary N) is 1. The number of hydrogen-bond acceptors (Lipinski definition) is 2. The predicted octanol–water partition coefficient (Wildman–Crippen LogP) is 2.90. The van der Waals surface area contributed by atoms with E-state index in [1.165, 1.54) is 12.1 Å². The van der Waals surface area contributed by atoms with Crippen molar-refractivity contribution in [2.45, 2.75) is 52.2 Å². The third kappa shape index (κ3) is 5.30. The predicted molar refractivity (Wildman–Crippen MR) is 86.3 cm³/mol. The van der Waals surface area contributed by atoms with Gasteiger partial charge >= 0.3 is 6.03 Å². The van der Waals surface area contributed by atoms with Crippen LogP contribution in [-0.2, 0) is 5.41 Å². The van der Waals surface area contributed by atoms with Gasteiger partial charge in [-0.3, -0.25) is 0 Å². The van der Waals surface area contributed by atoms with Crippen molar-refractivity contribution >= 4 is 6.03 Å². The molecule has 1 atom stereocenters. The van der Waals surface area contributed by atoms with Crippen LogP contribution >= 0.6 is 0 Å². The molecular weight excluding hydrogens is 283 g/mol. The van der Waals surface area contributed by atoms with Crippen LogP contribution in [0.1, 0.15) is 40.2 Å². The quantitative estimate of drug-likeness (QED) is 0.849. The molecule has 0 heterocycles. The van der Waals surface area contributed by atoms with E-state index in [1.54, 1.807) is 24.0 Å². The van der Waals surface area contributed by atoms with Crippen LogP contribution in [-0.4, -0.2) is 41.3 Å². The zero-order chi connectivity index (χ0) is 16.9. The molecule has 0 spiro atoms. The third-order valence-electron chi connectivity index (χ3n) is 3.65. The third-order valence-corrected chi connectivity index (χ3v) is 3.65. The molecule has 1 aromatic rings. The first kappa shape index (κ1) is 18.4. The maximum atomic E-state index is 13.0. The van der Waals surface area contributed by atoms with Crippen molar-refractivity contribution in [3.63, 3.8) is 0 Å². The Balaban J connectivity index is 2.69. The summed E-state index contributed by atoms with van der Waals surface area (Å²) in [6.45, 7) is 10.2. The van der Waals surface area contributed by atoms with E-state index in [1.807, 2.05) is 27.7 Å². The van der Waals surface area contributed by atoms with Crippen LogP contribution in [0.2, 0.25) is 0 Å². The van der Waals surface area contributed by atoms with Crippen molar-refractivity contribution < 1.29 is 14.3 Å². The van der Waals surface area contributed by atoms with Crippen molar-refractivity contribution in [2.75, 3.05) is 13.1 Å². The fraction of sp³-hybridized carbons (Fsp3) is 0.588. The molecule has 2 N–H and O–H groups in total. The van der Waals surface area contributed by atoms with Gasteiger partial charge in [-0.05, 0) is 38.5 Å². The Kier molecular flexibility index (Phi) is 6.35. The maximum Gasteiger partial charge on any atom is 0.317 e. The highest BCUT2D eigenvalue weighted by atomic mass is 19.1. The highest BCUT2D eigenvalue weighted by Gasteiger charge is 2.24. The van der Waals surface area contributed by atoms with E-state index in [9.17, 15) is 14.3 Å². The average molecular weight is 310 g/mol. The second-order valence-corrected chi connectivity index (χ2v) is 6.64. The normalized spacial score (nSPS) is 13.1. The first-order valence-electron chi connectivity index (χ1n) is 7.62. The minimum Gasteiger partial charge on any atom is -0.392 e. The van der Waals surface area contributed by atoms with Gasteiger partial charge in [-0.2, -0.15) is 0 Å². The van der Waals surface area contributed by atoms with Gasteiger partial charge in [0.2, 0.25) is 0 Å². The number of benzene rings is 1. The minimum absolute atomic E-state index is 0.00327. The zero-order valence-corrected chi connectivity index (χ0v) is 14.1. The Bertz CT molecular complexity index is 484. The summed E-state index contributed by atoms with van der Waals surface area (Å²) in [4.78, 5) is 13.9. The molecule has 22 heavy (non-hydrogen) atoms. The summed E-state index contributed by atoms with van der Waals surface area (Å²) in [7, 11) is 0. The Labute approximate surface area is 132 Å². The summed E-state index contributed by atoms with van der Waals surface area (Å²) in [6.07, 6.45) is -0.571. The van der Waals surface area contributed by atoms with E-state index >= 15 is 0 Å². The monoisotopic (exact) mass is 310 g/mol. The topological polar surface area (TPSA) is 52.6 Å². The van der Waals surface area contributed by atoms with Gasteiger partial charge in [-0.15, -0.1) is 0 Å². The van der Waals surface area contributed by atoms with E-state index in [0.29, 0.717) is 13.1 Å². The SMILES string of the molecule is CC(O)CN(C(=O)NCC(C)(C)c1ccc(F)cc1)C(C)C. The number of halogens is 1. The minimum atomic E-state index is -0.571. The van der Waals surface area contributed by atoms with Crippen LogP contribution < -0.4 is 5.32 Å². The van der Waals surface area contributed by atoms with E-state index in [0.717, 1.165) is 5.56 Å². The molecule has 1 rings (SSSR count). The van der Waals surface area contributed by atoms with Crippen molar-refractivity contribution in [2.24, 2.45) is 0 Å². The lowest BCUT2D eigenvalue weighted by Crippen LogP contribution is -2.49. The molecule has 0 aliphatic heterocycles. The fourth-order valence-corrected chi connectivity index (χ4v) is 2.21. The van der Waals surface area contributed by atoms with E-state index in [-0.39, 0.29) is 23.3 Å². The molecule has 1 aromatic carbocycles. The van der Waals surface area contributed by atoms with Gasteiger partial charge in [0.25, 0.3) is 0 Å². The van der Waals surface area contributed by atoms with Crippen LogP contribution in [0.3, 0.4) is 0 Å².